The minimum absolute atomic E-state index is 0.751. The molecule has 1 heterocycles. The fourth-order valence-corrected chi connectivity index (χ4v) is 1.58. The lowest BCUT2D eigenvalue weighted by Crippen LogP contribution is -2.27. The minimum Gasteiger partial charge on any atom is -0.399 e. The zero-order valence-corrected chi connectivity index (χ0v) is 9.62. The molecule has 0 aliphatic carbocycles. The molecule has 5 nitrogen and oxygen atoms in total. The number of benzene rings is 1. The zero-order chi connectivity index (χ0) is 11.5. The number of hydrogen-bond donors (Lipinski definition) is 3. The fraction of sp³-hybridized carbons (Fsp3) is 0.364. The topological polar surface area (TPSA) is 70.0 Å². The van der Waals surface area contributed by atoms with Gasteiger partial charge in [-0.3, -0.25) is 0 Å². The summed E-state index contributed by atoms with van der Waals surface area (Å²) < 4.78 is 0. The van der Waals surface area contributed by atoms with Crippen molar-refractivity contribution in [2.75, 3.05) is 37.8 Å². The number of fused-ring (bicyclic) bond motifs is 1. The summed E-state index contributed by atoms with van der Waals surface area (Å²) in [5, 5.41) is 3.11. The maximum atomic E-state index is 5.72. The Morgan fingerprint density at radius 1 is 1.50 bits per heavy atom. The molecular weight excluding hydrogens is 202 g/mol. The summed E-state index contributed by atoms with van der Waals surface area (Å²) >= 11 is 0. The minimum atomic E-state index is 0.751. The summed E-state index contributed by atoms with van der Waals surface area (Å²) in [7, 11) is 3.95. The highest BCUT2D eigenvalue weighted by Crippen LogP contribution is 2.18. The van der Waals surface area contributed by atoms with Crippen LogP contribution in [0.3, 0.4) is 0 Å². The Kier molecular flexibility index (Phi) is 2.96. The van der Waals surface area contributed by atoms with E-state index in [1.165, 1.54) is 0 Å². The lowest BCUT2D eigenvalue weighted by atomic mass is 10.3. The highest BCUT2D eigenvalue weighted by molar-refractivity contribution is 5.80. The van der Waals surface area contributed by atoms with E-state index in [1.54, 1.807) is 0 Å². The van der Waals surface area contributed by atoms with Crippen LogP contribution >= 0.6 is 0 Å². The molecule has 16 heavy (non-hydrogen) atoms. The lowest BCUT2D eigenvalue weighted by Gasteiger charge is -2.14. The molecule has 0 atom stereocenters. The molecule has 0 bridgehead atoms. The van der Waals surface area contributed by atoms with Gasteiger partial charge in [0.2, 0.25) is 5.95 Å². The van der Waals surface area contributed by atoms with E-state index in [-0.39, 0.29) is 0 Å². The van der Waals surface area contributed by atoms with Gasteiger partial charge in [-0.1, -0.05) is 0 Å². The third kappa shape index (κ3) is 2.09. The Balaban J connectivity index is 2.25. The van der Waals surface area contributed by atoms with Crippen LogP contribution in [0.5, 0.6) is 0 Å². The summed E-state index contributed by atoms with van der Waals surface area (Å²) in [6.45, 7) is 1.83. The standard InChI is InChI=1S/C11H17N5/c1-13-5-6-16(2)11-14-9-4-3-8(12)7-10(9)15-11/h3-4,7,13H,5-6,12H2,1-2H3,(H,14,15). The summed E-state index contributed by atoms with van der Waals surface area (Å²) in [5.74, 6) is 0.871. The molecule has 0 saturated heterocycles. The molecule has 1 aromatic heterocycles. The van der Waals surface area contributed by atoms with E-state index in [9.17, 15) is 0 Å². The van der Waals surface area contributed by atoms with Crippen LogP contribution in [0.25, 0.3) is 11.0 Å². The van der Waals surface area contributed by atoms with Crippen molar-refractivity contribution < 1.29 is 0 Å². The first kappa shape index (κ1) is 10.8. The largest absolute Gasteiger partial charge is 0.399 e. The second kappa shape index (κ2) is 4.40. The van der Waals surface area contributed by atoms with Crippen molar-refractivity contribution in [3.8, 4) is 0 Å². The number of rotatable bonds is 4. The second-order valence-corrected chi connectivity index (χ2v) is 3.86. The number of aromatic nitrogens is 2. The van der Waals surface area contributed by atoms with Crippen LogP contribution in [0, 0.1) is 0 Å². The summed E-state index contributed by atoms with van der Waals surface area (Å²) in [6, 6.07) is 5.69. The first-order chi connectivity index (χ1) is 7.70. The van der Waals surface area contributed by atoms with Crippen molar-refractivity contribution in [1.82, 2.24) is 15.3 Å². The molecule has 0 amide bonds. The number of nitrogen functional groups attached to an aromatic ring is 1. The lowest BCUT2D eigenvalue weighted by molar-refractivity contribution is 0.757. The number of nitrogens with one attached hydrogen (secondary N) is 2. The van der Waals surface area contributed by atoms with E-state index in [0.717, 1.165) is 35.8 Å². The molecule has 4 N–H and O–H groups in total. The smallest absolute Gasteiger partial charge is 0.203 e. The van der Waals surface area contributed by atoms with Crippen LogP contribution in [-0.2, 0) is 0 Å². The molecule has 2 aromatic rings. The van der Waals surface area contributed by atoms with Gasteiger partial charge in [-0.15, -0.1) is 0 Å². The van der Waals surface area contributed by atoms with E-state index < -0.39 is 0 Å². The average Bonchev–Trinajstić information content (AvgIpc) is 2.68. The van der Waals surface area contributed by atoms with E-state index in [1.807, 2.05) is 32.3 Å². The predicted octanol–water partition coefficient (Wildman–Crippen LogP) is 0.801. The van der Waals surface area contributed by atoms with Crippen molar-refractivity contribution in [2.24, 2.45) is 0 Å². The molecule has 5 heteroatoms. The van der Waals surface area contributed by atoms with Gasteiger partial charge < -0.3 is 20.9 Å². The quantitative estimate of drug-likeness (QED) is 0.665. The monoisotopic (exact) mass is 219 g/mol. The number of likely N-dealkylation sites (N-methyl/N-ethyl adjacent to an activating group) is 2. The molecule has 0 spiro atoms. The molecule has 0 radical (unpaired) electrons. The second-order valence-electron chi connectivity index (χ2n) is 3.86. The maximum absolute atomic E-state index is 5.72. The van der Waals surface area contributed by atoms with Gasteiger partial charge in [0.1, 0.15) is 0 Å². The highest BCUT2D eigenvalue weighted by atomic mass is 15.2. The summed E-state index contributed by atoms with van der Waals surface area (Å²) in [6.07, 6.45) is 0. The summed E-state index contributed by atoms with van der Waals surface area (Å²) in [4.78, 5) is 9.82. The summed E-state index contributed by atoms with van der Waals surface area (Å²) in [5.41, 5.74) is 8.39. The normalized spacial score (nSPS) is 10.9. The molecule has 0 aliphatic heterocycles. The van der Waals surface area contributed by atoms with Crippen LogP contribution in [0.2, 0.25) is 0 Å². The van der Waals surface area contributed by atoms with Gasteiger partial charge in [-0.05, 0) is 25.2 Å². The van der Waals surface area contributed by atoms with E-state index in [4.69, 9.17) is 5.73 Å². The first-order valence-electron chi connectivity index (χ1n) is 5.31. The van der Waals surface area contributed by atoms with Gasteiger partial charge in [-0.2, -0.15) is 0 Å². The van der Waals surface area contributed by atoms with Crippen molar-refractivity contribution >= 4 is 22.7 Å². The molecule has 86 valence electrons. The molecular formula is C11H17N5. The van der Waals surface area contributed by atoms with E-state index in [2.05, 4.69) is 20.2 Å². The SMILES string of the molecule is CNCCN(C)c1nc2ccc(N)cc2[nH]1. The van der Waals surface area contributed by atoms with Gasteiger partial charge in [0, 0.05) is 25.8 Å². The van der Waals surface area contributed by atoms with Gasteiger partial charge in [0.15, 0.2) is 0 Å². The van der Waals surface area contributed by atoms with Crippen LogP contribution in [0.15, 0.2) is 18.2 Å². The van der Waals surface area contributed by atoms with Crippen LogP contribution in [-0.4, -0.2) is 37.2 Å². The number of imidazole rings is 1. The van der Waals surface area contributed by atoms with Crippen LogP contribution in [0.4, 0.5) is 11.6 Å². The maximum Gasteiger partial charge on any atom is 0.203 e. The molecule has 0 aliphatic rings. The Bertz CT molecular complexity index is 476. The highest BCUT2D eigenvalue weighted by Gasteiger charge is 2.06. The van der Waals surface area contributed by atoms with Crippen LogP contribution in [0.1, 0.15) is 0 Å². The van der Waals surface area contributed by atoms with Gasteiger partial charge in [0.25, 0.3) is 0 Å². The third-order valence-corrected chi connectivity index (χ3v) is 2.55. The van der Waals surface area contributed by atoms with E-state index >= 15 is 0 Å². The Morgan fingerprint density at radius 2 is 2.31 bits per heavy atom. The fourth-order valence-electron chi connectivity index (χ4n) is 1.58. The van der Waals surface area contributed by atoms with Crippen molar-refractivity contribution in [3.05, 3.63) is 18.2 Å². The third-order valence-electron chi connectivity index (χ3n) is 2.55. The number of nitrogens with two attached hydrogens (primary N) is 1. The van der Waals surface area contributed by atoms with E-state index in [0.29, 0.717) is 0 Å². The van der Waals surface area contributed by atoms with Gasteiger partial charge in [-0.25, -0.2) is 4.98 Å². The number of anilines is 2. The Morgan fingerprint density at radius 3 is 3.06 bits per heavy atom. The Labute approximate surface area is 94.7 Å². The molecule has 0 fully saturated rings. The Hall–Kier alpha value is -1.75. The van der Waals surface area contributed by atoms with Crippen molar-refractivity contribution in [1.29, 1.82) is 0 Å². The number of aromatic amines is 1. The molecule has 2 rings (SSSR count). The van der Waals surface area contributed by atoms with Crippen LogP contribution < -0.4 is 16.0 Å². The predicted molar refractivity (Wildman–Crippen MR) is 67.7 cm³/mol. The zero-order valence-electron chi connectivity index (χ0n) is 9.62. The van der Waals surface area contributed by atoms with Gasteiger partial charge in [0.05, 0.1) is 11.0 Å². The molecule has 0 unspecified atom stereocenters. The number of hydrogen-bond acceptors (Lipinski definition) is 4. The number of H-pyrrole nitrogens is 1. The first-order valence-corrected chi connectivity index (χ1v) is 5.31. The average molecular weight is 219 g/mol. The molecule has 1 aromatic carbocycles. The van der Waals surface area contributed by atoms with Crippen molar-refractivity contribution in [2.45, 2.75) is 0 Å². The molecule has 0 saturated carbocycles. The number of nitrogens with zero attached hydrogens (tertiary/aromatic N) is 2. The van der Waals surface area contributed by atoms with Crippen molar-refractivity contribution in [3.63, 3.8) is 0 Å². The van der Waals surface area contributed by atoms with Gasteiger partial charge >= 0.3 is 0 Å².